The summed E-state index contributed by atoms with van der Waals surface area (Å²) in [6.45, 7) is 3.34. The average molecular weight is 345 g/mol. The minimum Gasteiger partial charge on any atom is -0.269 e. The summed E-state index contributed by atoms with van der Waals surface area (Å²) < 4.78 is 13.1. The van der Waals surface area contributed by atoms with Crippen molar-refractivity contribution in [3.8, 4) is 0 Å². The van der Waals surface area contributed by atoms with Crippen molar-refractivity contribution in [2.75, 3.05) is 0 Å². The van der Waals surface area contributed by atoms with Gasteiger partial charge >= 0.3 is 0 Å². The fourth-order valence-electron chi connectivity index (χ4n) is 2.61. The summed E-state index contributed by atoms with van der Waals surface area (Å²) in [5, 5.41) is 0.407. The standard InChI is InChI=1S/C18H14ClFN2O2/c1-18(2)21-15(11-6-8-14(20)9-7-11)17(24)22(18)16(23)12-4-3-5-13(19)10-12/h3-10H,1-2H3. The quantitative estimate of drug-likeness (QED) is 0.780. The van der Waals surface area contributed by atoms with Crippen molar-refractivity contribution in [2.45, 2.75) is 19.5 Å². The van der Waals surface area contributed by atoms with Crippen molar-refractivity contribution < 1.29 is 14.0 Å². The van der Waals surface area contributed by atoms with E-state index in [-0.39, 0.29) is 5.71 Å². The lowest BCUT2D eigenvalue weighted by molar-refractivity contribution is -0.123. The van der Waals surface area contributed by atoms with Gasteiger partial charge in [0.1, 0.15) is 17.2 Å². The molecule has 0 aliphatic carbocycles. The van der Waals surface area contributed by atoms with Crippen LogP contribution in [0.15, 0.2) is 53.5 Å². The maximum Gasteiger partial charge on any atom is 0.281 e. The fraction of sp³-hybridized carbons (Fsp3) is 0.167. The fourth-order valence-corrected chi connectivity index (χ4v) is 2.80. The predicted octanol–water partition coefficient (Wildman–Crippen LogP) is 3.69. The molecule has 0 N–H and O–H groups in total. The number of imide groups is 1. The zero-order valence-electron chi connectivity index (χ0n) is 13.1. The highest BCUT2D eigenvalue weighted by Crippen LogP contribution is 2.28. The maximum absolute atomic E-state index is 13.1. The van der Waals surface area contributed by atoms with E-state index in [0.29, 0.717) is 16.1 Å². The normalized spacial score (nSPS) is 16.2. The summed E-state index contributed by atoms with van der Waals surface area (Å²) in [4.78, 5) is 31.0. The Morgan fingerprint density at radius 3 is 2.46 bits per heavy atom. The molecule has 0 aromatic heterocycles. The summed E-state index contributed by atoms with van der Waals surface area (Å²) in [7, 11) is 0. The minimum atomic E-state index is -1.04. The van der Waals surface area contributed by atoms with E-state index < -0.39 is 23.3 Å². The molecule has 0 spiro atoms. The highest BCUT2D eigenvalue weighted by molar-refractivity contribution is 6.49. The molecule has 24 heavy (non-hydrogen) atoms. The zero-order valence-corrected chi connectivity index (χ0v) is 13.8. The van der Waals surface area contributed by atoms with E-state index in [2.05, 4.69) is 4.99 Å². The SMILES string of the molecule is CC1(C)N=C(c2ccc(F)cc2)C(=O)N1C(=O)c1cccc(Cl)c1. The Hall–Kier alpha value is -2.53. The zero-order chi connectivity index (χ0) is 17.5. The Balaban J connectivity index is 1.98. The molecule has 0 unspecified atom stereocenters. The van der Waals surface area contributed by atoms with E-state index >= 15 is 0 Å². The molecule has 2 aromatic rings. The Bertz CT molecular complexity index is 860. The van der Waals surface area contributed by atoms with Crippen LogP contribution in [-0.2, 0) is 4.79 Å². The molecule has 2 amide bonds. The lowest BCUT2D eigenvalue weighted by Crippen LogP contribution is -2.46. The Kier molecular flexibility index (Phi) is 3.97. The summed E-state index contributed by atoms with van der Waals surface area (Å²) >= 11 is 5.92. The molecule has 1 heterocycles. The number of amides is 2. The van der Waals surface area contributed by atoms with E-state index in [1.54, 1.807) is 32.0 Å². The maximum atomic E-state index is 13.1. The topological polar surface area (TPSA) is 49.7 Å². The Morgan fingerprint density at radius 2 is 1.83 bits per heavy atom. The van der Waals surface area contributed by atoms with Gasteiger partial charge < -0.3 is 0 Å². The van der Waals surface area contributed by atoms with Gasteiger partial charge in [-0.3, -0.25) is 14.6 Å². The monoisotopic (exact) mass is 344 g/mol. The number of aliphatic imine (C=N–C) groups is 1. The molecule has 6 heteroatoms. The van der Waals surface area contributed by atoms with Crippen LogP contribution in [0.1, 0.15) is 29.8 Å². The lowest BCUT2D eigenvalue weighted by atomic mass is 10.1. The van der Waals surface area contributed by atoms with Gasteiger partial charge in [0.25, 0.3) is 11.8 Å². The van der Waals surface area contributed by atoms with Crippen LogP contribution in [-0.4, -0.2) is 28.1 Å². The van der Waals surface area contributed by atoms with Gasteiger partial charge in [-0.25, -0.2) is 9.29 Å². The number of hydrogen-bond acceptors (Lipinski definition) is 3. The van der Waals surface area contributed by atoms with Gasteiger partial charge in [-0.05, 0) is 56.3 Å². The second-order valence-corrected chi connectivity index (χ2v) is 6.35. The van der Waals surface area contributed by atoms with Crippen LogP contribution in [0, 0.1) is 5.82 Å². The van der Waals surface area contributed by atoms with Crippen LogP contribution < -0.4 is 0 Å². The van der Waals surface area contributed by atoms with Crippen LogP contribution in [0.3, 0.4) is 0 Å². The Morgan fingerprint density at radius 1 is 1.17 bits per heavy atom. The van der Waals surface area contributed by atoms with Gasteiger partial charge in [0.15, 0.2) is 0 Å². The molecule has 0 saturated heterocycles. The summed E-state index contributed by atoms with van der Waals surface area (Å²) in [5.74, 6) is -1.40. The Labute approximate surface area is 143 Å². The largest absolute Gasteiger partial charge is 0.281 e. The van der Waals surface area contributed by atoms with Crippen molar-refractivity contribution >= 4 is 29.1 Å². The van der Waals surface area contributed by atoms with Crippen molar-refractivity contribution in [1.29, 1.82) is 0 Å². The van der Waals surface area contributed by atoms with Crippen molar-refractivity contribution in [1.82, 2.24) is 4.90 Å². The molecule has 122 valence electrons. The van der Waals surface area contributed by atoms with Crippen LogP contribution in [0.4, 0.5) is 4.39 Å². The summed E-state index contributed by atoms with van der Waals surface area (Å²) in [5.41, 5.74) is -0.133. The van der Waals surface area contributed by atoms with E-state index in [1.165, 1.54) is 30.3 Å². The molecule has 0 fully saturated rings. The second-order valence-electron chi connectivity index (χ2n) is 5.92. The van der Waals surface area contributed by atoms with Crippen molar-refractivity contribution in [2.24, 2.45) is 4.99 Å². The predicted molar refractivity (Wildman–Crippen MR) is 89.6 cm³/mol. The second kappa shape index (κ2) is 5.83. The molecule has 1 aliphatic heterocycles. The lowest BCUT2D eigenvalue weighted by Gasteiger charge is -2.27. The molecule has 0 radical (unpaired) electrons. The van der Waals surface area contributed by atoms with Crippen LogP contribution in [0.5, 0.6) is 0 Å². The summed E-state index contributed by atoms with van der Waals surface area (Å²) in [6, 6.07) is 11.8. The highest BCUT2D eigenvalue weighted by Gasteiger charge is 2.44. The molecule has 0 saturated carbocycles. The molecule has 0 atom stereocenters. The number of nitrogens with zero attached hydrogens (tertiary/aromatic N) is 2. The molecule has 4 nitrogen and oxygen atoms in total. The van der Waals surface area contributed by atoms with Gasteiger partial charge in [0.05, 0.1) is 0 Å². The molecule has 1 aliphatic rings. The first-order valence-corrected chi connectivity index (χ1v) is 7.67. The number of carbonyl (C=O) groups is 2. The van der Waals surface area contributed by atoms with Crippen LogP contribution >= 0.6 is 11.6 Å². The number of halogens is 2. The summed E-state index contributed by atoms with van der Waals surface area (Å²) in [6.07, 6.45) is 0. The van der Waals surface area contributed by atoms with E-state index in [4.69, 9.17) is 11.6 Å². The smallest absolute Gasteiger partial charge is 0.269 e. The average Bonchev–Trinajstić information content (AvgIpc) is 2.77. The van der Waals surface area contributed by atoms with E-state index in [0.717, 1.165) is 4.90 Å². The van der Waals surface area contributed by atoms with Crippen molar-refractivity contribution in [3.63, 3.8) is 0 Å². The molecular weight excluding hydrogens is 331 g/mol. The third kappa shape index (κ3) is 2.83. The van der Waals surface area contributed by atoms with Crippen LogP contribution in [0.2, 0.25) is 5.02 Å². The third-order valence-corrected chi connectivity index (χ3v) is 3.97. The molecule has 2 aromatic carbocycles. The van der Waals surface area contributed by atoms with E-state index in [9.17, 15) is 14.0 Å². The third-order valence-electron chi connectivity index (χ3n) is 3.73. The van der Waals surface area contributed by atoms with Gasteiger partial charge in [0.2, 0.25) is 0 Å². The minimum absolute atomic E-state index is 0.135. The van der Waals surface area contributed by atoms with Gasteiger partial charge in [-0.1, -0.05) is 17.7 Å². The number of carbonyl (C=O) groups excluding carboxylic acids is 2. The molecule has 0 bridgehead atoms. The molecule has 3 rings (SSSR count). The molecular formula is C18H14ClFN2O2. The number of benzene rings is 2. The number of rotatable bonds is 2. The first-order valence-electron chi connectivity index (χ1n) is 7.30. The van der Waals surface area contributed by atoms with Crippen LogP contribution in [0.25, 0.3) is 0 Å². The first kappa shape index (κ1) is 16.3. The van der Waals surface area contributed by atoms with Gasteiger partial charge in [0, 0.05) is 16.1 Å². The number of hydrogen-bond donors (Lipinski definition) is 0. The van der Waals surface area contributed by atoms with Gasteiger partial charge in [-0.2, -0.15) is 0 Å². The van der Waals surface area contributed by atoms with Gasteiger partial charge in [-0.15, -0.1) is 0 Å². The highest BCUT2D eigenvalue weighted by atomic mass is 35.5. The van der Waals surface area contributed by atoms with Crippen molar-refractivity contribution in [3.05, 3.63) is 70.5 Å². The first-order chi connectivity index (χ1) is 11.3. The van der Waals surface area contributed by atoms with E-state index in [1.807, 2.05) is 0 Å².